The maximum absolute atomic E-state index is 13.4. The van der Waals surface area contributed by atoms with E-state index in [2.05, 4.69) is 10.2 Å². The fourth-order valence-corrected chi connectivity index (χ4v) is 3.01. The summed E-state index contributed by atoms with van der Waals surface area (Å²) < 4.78 is 13.4. The van der Waals surface area contributed by atoms with E-state index in [1.165, 1.54) is 18.4 Å². The van der Waals surface area contributed by atoms with Gasteiger partial charge in [-0.3, -0.25) is 4.90 Å². The van der Waals surface area contributed by atoms with E-state index in [-0.39, 0.29) is 5.82 Å². The molecule has 1 aromatic rings. The van der Waals surface area contributed by atoms with E-state index >= 15 is 0 Å². The lowest BCUT2D eigenvalue weighted by Gasteiger charge is -2.35. The quantitative estimate of drug-likeness (QED) is 0.884. The molecule has 0 unspecified atom stereocenters. The number of aryl methyl sites for hydroxylation is 1. The highest BCUT2D eigenvalue weighted by Gasteiger charge is 2.36. The lowest BCUT2D eigenvalue weighted by molar-refractivity contribution is 0.156. The van der Waals surface area contributed by atoms with Crippen LogP contribution in [-0.4, -0.2) is 31.1 Å². The Labute approximate surface area is 108 Å². The zero-order valence-electron chi connectivity index (χ0n) is 11.0. The number of nitrogens with one attached hydrogen (secondary N) is 1. The molecule has 1 N–H and O–H groups in total. The van der Waals surface area contributed by atoms with Gasteiger partial charge in [-0.2, -0.15) is 0 Å². The van der Waals surface area contributed by atoms with Crippen LogP contribution in [0.1, 0.15) is 30.0 Å². The fraction of sp³-hybridized carbons (Fsp3) is 0.600. The third-order valence-corrected chi connectivity index (χ3v) is 4.14. The molecule has 2 fully saturated rings. The molecule has 2 aliphatic rings. The topological polar surface area (TPSA) is 15.3 Å². The first-order valence-electron chi connectivity index (χ1n) is 6.96. The molecule has 0 radical (unpaired) electrons. The third kappa shape index (κ3) is 2.43. The number of hydrogen-bond acceptors (Lipinski definition) is 2. The molecule has 1 aliphatic heterocycles. The molecule has 3 rings (SSSR count). The minimum atomic E-state index is -0.0893. The summed E-state index contributed by atoms with van der Waals surface area (Å²) in [5, 5.41) is 3.40. The van der Waals surface area contributed by atoms with Crippen molar-refractivity contribution in [2.45, 2.75) is 25.8 Å². The van der Waals surface area contributed by atoms with Crippen molar-refractivity contribution in [3.8, 4) is 0 Å². The van der Waals surface area contributed by atoms with E-state index in [9.17, 15) is 4.39 Å². The summed E-state index contributed by atoms with van der Waals surface area (Å²) in [7, 11) is 0. The molecule has 0 aromatic heterocycles. The molecule has 1 aromatic carbocycles. The maximum Gasteiger partial charge on any atom is 0.126 e. The molecule has 1 heterocycles. The lowest BCUT2D eigenvalue weighted by atomic mass is 9.98. The van der Waals surface area contributed by atoms with E-state index < -0.39 is 0 Å². The predicted molar refractivity (Wildman–Crippen MR) is 71.0 cm³/mol. The van der Waals surface area contributed by atoms with Crippen molar-refractivity contribution in [2.24, 2.45) is 5.92 Å². The molecular formula is C15H21FN2. The SMILES string of the molecule is Cc1cc([C@H](C2CC2)N2CCNCC2)ccc1F. The lowest BCUT2D eigenvalue weighted by Crippen LogP contribution is -2.45. The monoisotopic (exact) mass is 248 g/mol. The summed E-state index contributed by atoms with van der Waals surface area (Å²) in [5.41, 5.74) is 2.08. The minimum absolute atomic E-state index is 0.0893. The maximum atomic E-state index is 13.4. The number of halogens is 1. The Morgan fingerprint density at radius 1 is 1.28 bits per heavy atom. The molecule has 0 amide bonds. The summed E-state index contributed by atoms with van der Waals surface area (Å²) in [6.07, 6.45) is 2.65. The van der Waals surface area contributed by atoms with Crippen LogP contribution in [0.2, 0.25) is 0 Å². The van der Waals surface area contributed by atoms with Gasteiger partial charge < -0.3 is 5.32 Å². The first kappa shape index (κ1) is 12.1. The van der Waals surface area contributed by atoms with Crippen LogP contribution in [0.3, 0.4) is 0 Å². The first-order chi connectivity index (χ1) is 8.75. The molecule has 98 valence electrons. The van der Waals surface area contributed by atoms with Crippen molar-refractivity contribution in [2.75, 3.05) is 26.2 Å². The predicted octanol–water partition coefficient (Wildman–Crippen LogP) is 2.49. The van der Waals surface area contributed by atoms with Gasteiger partial charge in [0, 0.05) is 32.2 Å². The van der Waals surface area contributed by atoms with Crippen molar-refractivity contribution in [1.29, 1.82) is 0 Å². The second-order valence-electron chi connectivity index (χ2n) is 5.58. The molecule has 1 atom stereocenters. The fourth-order valence-electron chi connectivity index (χ4n) is 3.01. The van der Waals surface area contributed by atoms with Gasteiger partial charge in [0.05, 0.1) is 0 Å². The van der Waals surface area contributed by atoms with E-state index in [0.717, 1.165) is 37.7 Å². The second-order valence-corrected chi connectivity index (χ2v) is 5.58. The van der Waals surface area contributed by atoms with Gasteiger partial charge in [0.15, 0.2) is 0 Å². The molecule has 1 saturated carbocycles. The van der Waals surface area contributed by atoms with Crippen LogP contribution in [0.15, 0.2) is 18.2 Å². The van der Waals surface area contributed by atoms with E-state index in [1.54, 1.807) is 6.07 Å². The normalized spacial score (nSPS) is 23.0. The van der Waals surface area contributed by atoms with Gasteiger partial charge in [0.2, 0.25) is 0 Å². The van der Waals surface area contributed by atoms with Crippen molar-refractivity contribution in [3.63, 3.8) is 0 Å². The van der Waals surface area contributed by atoms with Gasteiger partial charge in [0.25, 0.3) is 0 Å². The van der Waals surface area contributed by atoms with Gasteiger partial charge in [-0.1, -0.05) is 12.1 Å². The van der Waals surface area contributed by atoms with Crippen molar-refractivity contribution in [3.05, 3.63) is 35.1 Å². The Hall–Kier alpha value is -0.930. The van der Waals surface area contributed by atoms with Gasteiger partial charge in [-0.05, 0) is 42.9 Å². The number of piperazine rings is 1. The molecule has 0 bridgehead atoms. The van der Waals surface area contributed by atoms with E-state index in [4.69, 9.17) is 0 Å². The molecule has 3 heteroatoms. The zero-order chi connectivity index (χ0) is 12.5. The molecular weight excluding hydrogens is 227 g/mol. The third-order valence-electron chi connectivity index (χ3n) is 4.14. The Morgan fingerprint density at radius 3 is 2.61 bits per heavy atom. The first-order valence-corrected chi connectivity index (χ1v) is 6.96. The van der Waals surface area contributed by atoms with Crippen LogP contribution in [0.4, 0.5) is 4.39 Å². The number of nitrogens with zero attached hydrogens (tertiary/aromatic N) is 1. The van der Waals surface area contributed by atoms with Crippen LogP contribution in [0.5, 0.6) is 0 Å². The van der Waals surface area contributed by atoms with Gasteiger partial charge >= 0.3 is 0 Å². The summed E-state index contributed by atoms with van der Waals surface area (Å²) in [6, 6.07) is 6.15. The van der Waals surface area contributed by atoms with Crippen molar-refractivity contribution < 1.29 is 4.39 Å². The minimum Gasteiger partial charge on any atom is -0.314 e. The largest absolute Gasteiger partial charge is 0.314 e. The number of rotatable bonds is 3. The zero-order valence-corrected chi connectivity index (χ0v) is 11.0. The highest BCUT2D eigenvalue weighted by molar-refractivity contribution is 5.28. The summed E-state index contributed by atoms with van der Waals surface area (Å²) in [6.45, 7) is 6.22. The van der Waals surface area contributed by atoms with Crippen LogP contribution in [0.25, 0.3) is 0 Å². The molecule has 1 aliphatic carbocycles. The van der Waals surface area contributed by atoms with Crippen LogP contribution in [-0.2, 0) is 0 Å². The Kier molecular flexibility index (Phi) is 3.35. The number of benzene rings is 1. The van der Waals surface area contributed by atoms with Gasteiger partial charge in [0.1, 0.15) is 5.82 Å². The van der Waals surface area contributed by atoms with Crippen LogP contribution in [0, 0.1) is 18.7 Å². The van der Waals surface area contributed by atoms with Crippen molar-refractivity contribution >= 4 is 0 Å². The highest BCUT2D eigenvalue weighted by atomic mass is 19.1. The Balaban J connectivity index is 1.85. The van der Waals surface area contributed by atoms with Crippen molar-refractivity contribution in [1.82, 2.24) is 10.2 Å². The smallest absolute Gasteiger partial charge is 0.126 e. The standard InChI is InChI=1S/C15H21FN2/c1-11-10-13(4-5-14(11)16)15(12-2-3-12)18-8-6-17-7-9-18/h4-5,10,12,15,17H,2-3,6-9H2,1H3/t15-/m0/s1. The second kappa shape index (κ2) is 4.98. The summed E-state index contributed by atoms with van der Waals surface area (Å²) in [5.74, 6) is 0.696. The van der Waals surface area contributed by atoms with Crippen LogP contribution < -0.4 is 5.32 Å². The molecule has 1 saturated heterocycles. The molecule has 0 spiro atoms. The molecule has 18 heavy (non-hydrogen) atoms. The number of hydrogen-bond donors (Lipinski definition) is 1. The Morgan fingerprint density at radius 2 is 2.00 bits per heavy atom. The van der Waals surface area contributed by atoms with Crippen LogP contribution >= 0.6 is 0 Å². The average Bonchev–Trinajstić information content (AvgIpc) is 3.20. The average molecular weight is 248 g/mol. The summed E-state index contributed by atoms with van der Waals surface area (Å²) in [4.78, 5) is 2.57. The van der Waals surface area contributed by atoms with Gasteiger partial charge in [-0.25, -0.2) is 4.39 Å². The van der Waals surface area contributed by atoms with E-state index in [0.29, 0.717) is 6.04 Å². The Bertz CT molecular complexity index is 423. The van der Waals surface area contributed by atoms with E-state index in [1.807, 2.05) is 19.1 Å². The highest BCUT2D eigenvalue weighted by Crippen LogP contribution is 2.44. The van der Waals surface area contributed by atoms with Gasteiger partial charge in [-0.15, -0.1) is 0 Å². The molecule has 2 nitrogen and oxygen atoms in total. The summed E-state index contributed by atoms with van der Waals surface area (Å²) >= 11 is 0.